The van der Waals surface area contributed by atoms with Crippen molar-refractivity contribution in [1.29, 1.82) is 0 Å². The van der Waals surface area contributed by atoms with Crippen molar-refractivity contribution < 1.29 is 20.1 Å². The highest BCUT2D eigenvalue weighted by molar-refractivity contribution is 5.82. The molecule has 2 atom stereocenters. The molecule has 6 heteroatoms. The van der Waals surface area contributed by atoms with Gasteiger partial charge in [-0.25, -0.2) is 0 Å². The Morgan fingerprint density at radius 3 is 2.58 bits per heavy atom. The largest absolute Gasteiger partial charge is 0.504 e. The van der Waals surface area contributed by atoms with Crippen LogP contribution < -0.4 is 11.1 Å². The van der Waals surface area contributed by atoms with E-state index in [4.69, 9.17) is 10.8 Å². The van der Waals surface area contributed by atoms with Crippen LogP contribution in [-0.2, 0) is 11.2 Å². The van der Waals surface area contributed by atoms with Crippen molar-refractivity contribution in [2.24, 2.45) is 5.73 Å². The molecule has 0 aliphatic rings. The Morgan fingerprint density at radius 2 is 2.05 bits per heavy atom. The second-order valence-corrected chi connectivity index (χ2v) is 4.43. The van der Waals surface area contributed by atoms with Crippen molar-refractivity contribution >= 4 is 5.91 Å². The molecule has 0 bridgehead atoms. The number of nitrogens with one attached hydrogen (secondary N) is 1. The Labute approximate surface area is 111 Å². The molecule has 0 fully saturated rings. The van der Waals surface area contributed by atoms with Gasteiger partial charge < -0.3 is 26.4 Å². The Morgan fingerprint density at radius 1 is 1.37 bits per heavy atom. The standard InChI is InChI=1S/C13H20N2O4/c1-2-9(7-16)15-13(19)10(14)5-8-3-4-11(17)12(18)6-8/h3-4,6,9-10,16-18H,2,5,7,14H2,1H3,(H,15,19)/t9-,10-/m0/s1. The number of carbonyl (C=O) groups excluding carboxylic acids is 1. The van der Waals surface area contributed by atoms with Crippen LogP contribution in [0, 0.1) is 0 Å². The fourth-order valence-electron chi connectivity index (χ4n) is 1.63. The molecule has 19 heavy (non-hydrogen) atoms. The van der Waals surface area contributed by atoms with Crippen molar-refractivity contribution in [3.8, 4) is 11.5 Å². The first-order valence-electron chi connectivity index (χ1n) is 6.15. The molecule has 0 aliphatic carbocycles. The molecule has 1 aromatic rings. The van der Waals surface area contributed by atoms with E-state index < -0.39 is 6.04 Å². The first kappa shape index (κ1) is 15.3. The highest BCUT2D eigenvalue weighted by atomic mass is 16.3. The van der Waals surface area contributed by atoms with Gasteiger partial charge in [-0.15, -0.1) is 0 Å². The molecule has 0 heterocycles. The van der Waals surface area contributed by atoms with Crippen LogP contribution in [0.4, 0.5) is 0 Å². The predicted octanol–water partition coefficient (Wildman–Crippen LogP) is -0.145. The summed E-state index contributed by atoms with van der Waals surface area (Å²) in [5, 5.41) is 30.2. The minimum absolute atomic E-state index is 0.130. The Kier molecular flexibility index (Phi) is 5.59. The van der Waals surface area contributed by atoms with Crippen LogP contribution in [0.2, 0.25) is 0 Å². The smallest absolute Gasteiger partial charge is 0.237 e. The lowest BCUT2D eigenvalue weighted by Gasteiger charge is -2.18. The van der Waals surface area contributed by atoms with Crippen LogP contribution in [0.3, 0.4) is 0 Å². The van der Waals surface area contributed by atoms with Gasteiger partial charge in [0, 0.05) is 0 Å². The third-order valence-corrected chi connectivity index (χ3v) is 2.89. The zero-order valence-corrected chi connectivity index (χ0v) is 10.8. The van der Waals surface area contributed by atoms with Gasteiger partial charge in [-0.3, -0.25) is 4.79 Å². The van der Waals surface area contributed by atoms with E-state index in [0.29, 0.717) is 12.0 Å². The minimum atomic E-state index is -0.774. The topological polar surface area (TPSA) is 116 Å². The van der Waals surface area contributed by atoms with E-state index in [1.807, 2.05) is 6.92 Å². The van der Waals surface area contributed by atoms with Crippen LogP contribution in [0.1, 0.15) is 18.9 Å². The van der Waals surface area contributed by atoms with Crippen molar-refractivity contribution in [3.05, 3.63) is 23.8 Å². The van der Waals surface area contributed by atoms with Gasteiger partial charge in [-0.05, 0) is 30.5 Å². The fraction of sp³-hybridized carbons (Fsp3) is 0.462. The molecular formula is C13H20N2O4. The molecule has 0 unspecified atom stereocenters. The molecule has 106 valence electrons. The normalized spacial score (nSPS) is 13.8. The summed E-state index contributed by atoms with van der Waals surface area (Å²) in [7, 11) is 0. The number of carbonyl (C=O) groups is 1. The molecule has 6 N–H and O–H groups in total. The maximum absolute atomic E-state index is 11.8. The second-order valence-electron chi connectivity index (χ2n) is 4.43. The number of amides is 1. The molecule has 0 radical (unpaired) electrons. The van der Waals surface area contributed by atoms with Gasteiger partial charge >= 0.3 is 0 Å². The maximum Gasteiger partial charge on any atom is 0.237 e. The molecule has 6 nitrogen and oxygen atoms in total. The van der Waals surface area contributed by atoms with Crippen LogP contribution in [-0.4, -0.2) is 39.9 Å². The lowest BCUT2D eigenvalue weighted by molar-refractivity contribution is -0.123. The first-order chi connectivity index (χ1) is 8.97. The molecule has 0 spiro atoms. The van der Waals surface area contributed by atoms with E-state index in [1.54, 1.807) is 6.07 Å². The molecule has 0 aliphatic heterocycles. The highest BCUT2D eigenvalue weighted by Gasteiger charge is 2.17. The van der Waals surface area contributed by atoms with Crippen molar-refractivity contribution in [3.63, 3.8) is 0 Å². The Bertz CT molecular complexity index is 433. The van der Waals surface area contributed by atoms with Gasteiger partial charge in [0.05, 0.1) is 18.7 Å². The second kappa shape index (κ2) is 6.96. The van der Waals surface area contributed by atoms with E-state index >= 15 is 0 Å². The number of hydrogen-bond donors (Lipinski definition) is 5. The van der Waals surface area contributed by atoms with E-state index in [1.165, 1.54) is 12.1 Å². The third kappa shape index (κ3) is 4.42. The SMILES string of the molecule is CC[C@@H](CO)NC(=O)[C@@H](N)Cc1ccc(O)c(O)c1. The molecule has 0 saturated heterocycles. The predicted molar refractivity (Wildman–Crippen MR) is 70.8 cm³/mol. The van der Waals surface area contributed by atoms with Gasteiger partial charge in [-0.1, -0.05) is 13.0 Å². The highest BCUT2D eigenvalue weighted by Crippen LogP contribution is 2.25. The number of aromatic hydroxyl groups is 2. The summed E-state index contributed by atoms with van der Waals surface area (Å²) in [5.41, 5.74) is 6.41. The van der Waals surface area contributed by atoms with Crippen LogP contribution in [0.25, 0.3) is 0 Å². The molecular weight excluding hydrogens is 248 g/mol. The van der Waals surface area contributed by atoms with Crippen LogP contribution in [0.15, 0.2) is 18.2 Å². The van der Waals surface area contributed by atoms with Crippen molar-refractivity contribution in [1.82, 2.24) is 5.32 Å². The lowest BCUT2D eigenvalue weighted by atomic mass is 10.0. The Balaban J connectivity index is 2.60. The number of hydrogen-bond acceptors (Lipinski definition) is 5. The molecule has 1 amide bonds. The van der Waals surface area contributed by atoms with Gasteiger partial charge in [0.1, 0.15) is 0 Å². The Hall–Kier alpha value is -1.79. The summed E-state index contributed by atoms with van der Waals surface area (Å²) in [6, 6.07) is 3.23. The monoisotopic (exact) mass is 268 g/mol. The molecule has 0 aromatic heterocycles. The minimum Gasteiger partial charge on any atom is -0.504 e. The number of aliphatic hydroxyl groups is 1. The number of phenolic OH excluding ortho intramolecular Hbond substituents is 2. The summed E-state index contributed by atoms with van der Waals surface area (Å²) < 4.78 is 0. The van der Waals surface area contributed by atoms with E-state index in [-0.39, 0.29) is 36.5 Å². The van der Waals surface area contributed by atoms with Crippen molar-refractivity contribution in [2.75, 3.05) is 6.61 Å². The summed E-state index contributed by atoms with van der Waals surface area (Å²) >= 11 is 0. The van der Waals surface area contributed by atoms with Crippen LogP contribution >= 0.6 is 0 Å². The average Bonchev–Trinajstić information content (AvgIpc) is 2.39. The molecule has 1 rings (SSSR count). The zero-order chi connectivity index (χ0) is 14.4. The summed E-state index contributed by atoms with van der Waals surface area (Å²) in [5.74, 6) is -0.812. The average molecular weight is 268 g/mol. The quantitative estimate of drug-likeness (QED) is 0.460. The summed E-state index contributed by atoms with van der Waals surface area (Å²) in [6.07, 6.45) is 0.858. The van der Waals surface area contributed by atoms with Crippen molar-refractivity contribution in [2.45, 2.75) is 31.8 Å². The summed E-state index contributed by atoms with van der Waals surface area (Å²) in [4.78, 5) is 11.8. The van der Waals surface area contributed by atoms with Gasteiger partial charge in [-0.2, -0.15) is 0 Å². The van der Waals surface area contributed by atoms with Crippen LogP contribution in [0.5, 0.6) is 11.5 Å². The maximum atomic E-state index is 11.8. The van der Waals surface area contributed by atoms with Gasteiger partial charge in [0.2, 0.25) is 5.91 Å². The zero-order valence-electron chi connectivity index (χ0n) is 10.8. The lowest BCUT2D eigenvalue weighted by Crippen LogP contribution is -2.47. The molecule has 1 aromatic carbocycles. The third-order valence-electron chi connectivity index (χ3n) is 2.89. The number of aliphatic hydroxyl groups excluding tert-OH is 1. The van der Waals surface area contributed by atoms with Gasteiger partial charge in [0.15, 0.2) is 11.5 Å². The number of rotatable bonds is 6. The van der Waals surface area contributed by atoms with E-state index in [9.17, 15) is 15.0 Å². The van der Waals surface area contributed by atoms with E-state index in [0.717, 1.165) is 0 Å². The summed E-state index contributed by atoms with van der Waals surface area (Å²) in [6.45, 7) is 1.72. The first-order valence-corrected chi connectivity index (χ1v) is 6.15. The molecule has 0 saturated carbocycles. The fourth-order valence-corrected chi connectivity index (χ4v) is 1.63. The number of nitrogens with two attached hydrogens (primary N) is 1. The van der Waals surface area contributed by atoms with Gasteiger partial charge in [0.25, 0.3) is 0 Å². The number of benzene rings is 1. The number of phenols is 2. The van der Waals surface area contributed by atoms with E-state index in [2.05, 4.69) is 5.32 Å².